The maximum atomic E-state index is 11.0. The molecule has 0 atom stereocenters. The zero-order valence-corrected chi connectivity index (χ0v) is 9.48. The number of ether oxygens (including phenoxy) is 1. The highest BCUT2D eigenvalue weighted by molar-refractivity contribution is 5.88. The topological polar surface area (TPSA) is 26.3 Å². The highest BCUT2D eigenvalue weighted by atomic mass is 16.5. The lowest BCUT2D eigenvalue weighted by molar-refractivity contribution is -0.130. The van der Waals surface area contributed by atoms with Gasteiger partial charge in [0.15, 0.2) is 0 Å². The monoisotopic (exact) mass is 216 g/mol. The van der Waals surface area contributed by atoms with Crippen LogP contribution in [0.15, 0.2) is 67.8 Å². The van der Waals surface area contributed by atoms with Crippen LogP contribution in [0.2, 0.25) is 0 Å². The van der Waals surface area contributed by atoms with Crippen LogP contribution in [0.4, 0.5) is 0 Å². The molecule has 1 aromatic carbocycles. The van der Waals surface area contributed by atoms with Gasteiger partial charge in [0.1, 0.15) is 5.75 Å². The van der Waals surface area contributed by atoms with Gasteiger partial charge in [0.05, 0.1) is 0 Å². The molecule has 2 nitrogen and oxygen atoms in total. The van der Waals surface area contributed by atoms with E-state index in [1.165, 1.54) is 0 Å². The van der Waals surface area contributed by atoms with Crippen LogP contribution >= 0.6 is 0 Å². The van der Waals surface area contributed by atoms with Crippen molar-refractivity contribution >= 4 is 5.97 Å². The van der Waals surface area contributed by atoms with Gasteiger partial charge in [0.2, 0.25) is 0 Å². The van der Waals surface area contributed by atoms with Gasteiger partial charge in [-0.1, -0.05) is 50.1 Å². The van der Waals surface area contributed by atoms with E-state index in [-0.39, 0.29) is 5.97 Å². The fourth-order valence-electron chi connectivity index (χ4n) is 0.683. The Balaban J connectivity index is 0.000000487. The van der Waals surface area contributed by atoms with Crippen molar-refractivity contribution in [3.63, 3.8) is 0 Å². The second kappa shape index (κ2) is 8.24. The minimum absolute atomic E-state index is 0.388. The molecule has 16 heavy (non-hydrogen) atoms. The van der Waals surface area contributed by atoms with E-state index in [1.54, 1.807) is 43.3 Å². The molecule has 0 unspecified atom stereocenters. The van der Waals surface area contributed by atoms with Crippen LogP contribution in [-0.2, 0) is 4.79 Å². The van der Waals surface area contributed by atoms with Crippen LogP contribution < -0.4 is 4.74 Å². The van der Waals surface area contributed by atoms with Crippen molar-refractivity contribution in [3.8, 4) is 5.75 Å². The maximum Gasteiger partial charge on any atom is 0.338 e. The molecule has 0 amide bonds. The van der Waals surface area contributed by atoms with E-state index in [0.29, 0.717) is 11.3 Å². The molecule has 0 saturated heterocycles. The molecule has 0 aliphatic rings. The minimum Gasteiger partial charge on any atom is -0.423 e. The highest BCUT2D eigenvalue weighted by Crippen LogP contribution is 2.09. The molecule has 0 aromatic heterocycles. The summed E-state index contributed by atoms with van der Waals surface area (Å²) in [6, 6.07) is 8.92. The van der Waals surface area contributed by atoms with Crippen molar-refractivity contribution in [3.05, 3.63) is 67.8 Å². The molecule has 0 saturated carbocycles. The van der Waals surface area contributed by atoms with Gasteiger partial charge in [-0.25, -0.2) is 4.79 Å². The maximum absolute atomic E-state index is 11.0. The number of benzene rings is 1. The molecule has 0 bridgehead atoms. The summed E-state index contributed by atoms with van der Waals surface area (Å²) in [6.07, 6.45) is 3.28. The van der Waals surface area contributed by atoms with E-state index in [2.05, 4.69) is 19.7 Å². The Bertz CT molecular complexity index is 358. The Morgan fingerprint density at radius 3 is 2.06 bits per heavy atom. The standard InChI is InChI=1S/C10H10O2.C4H6/c1-8(2)10(11)12-9-6-4-3-5-7-9;1-3-4-2/h3-7H,1H2,2H3;3-4H,1-2H2. The van der Waals surface area contributed by atoms with Crippen molar-refractivity contribution in [2.75, 3.05) is 0 Å². The Kier molecular flexibility index (Phi) is 7.16. The fraction of sp³-hybridized carbons (Fsp3) is 0.0714. The molecule has 0 aliphatic heterocycles. The summed E-state index contributed by atoms with van der Waals surface area (Å²) in [4.78, 5) is 11.0. The Labute approximate surface area is 96.6 Å². The van der Waals surface area contributed by atoms with Gasteiger partial charge < -0.3 is 4.74 Å². The lowest BCUT2D eigenvalue weighted by atomic mass is 10.3. The number of hydrogen-bond acceptors (Lipinski definition) is 2. The molecule has 0 heterocycles. The van der Waals surface area contributed by atoms with Crippen molar-refractivity contribution in [1.29, 1.82) is 0 Å². The third kappa shape index (κ3) is 6.38. The molecule has 0 aliphatic carbocycles. The molecule has 0 spiro atoms. The molecule has 0 N–H and O–H groups in total. The van der Waals surface area contributed by atoms with E-state index < -0.39 is 0 Å². The predicted octanol–water partition coefficient (Wildman–Crippen LogP) is 3.53. The first-order valence-corrected chi connectivity index (χ1v) is 4.78. The molecular weight excluding hydrogens is 200 g/mol. The summed E-state index contributed by atoms with van der Waals surface area (Å²) in [6.45, 7) is 11.8. The first kappa shape index (κ1) is 13.9. The summed E-state index contributed by atoms with van der Waals surface area (Å²) in [7, 11) is 0. The number of carbonyl (C=O) groups excluding carboxylic acids is 1. The molecule has 0 fully saturated rings. The first-order chi connectivity index (χ1) is 7.61. The normalized spacial score (nSPS) is 8.06. The lowest BCUT2D eigenvalue weighted by Crippen LogP contribution is -2.07. The van der Waals surface area contributed by atoms with Gasteiger partial charge in [-0.15, -0.1) is 0 Å². The first-order valence-electron chi connectivity index (χ1n) is 4.78. The second-order valence-corrected chi connectivity index (χ2v) is 2.95. The van der Waals surface area contributed by atoms with Crippen molar-refractivity contribution in [2.24, 2.45) is 0 Å². The van der Waals surface area contributed by atoms with Crippen LogP contribution in [-0.4, -0.2) is 5.97 Å². The van der Waals surface area contributed by atoms with Gasteiger partial charge in [0, 0.05) is 5.57 Å². The average molecular weight is 216 g/mol. The van der Waals surface area contributed by atoms with Crippen LogP contribution in [0.3, 0.4) is 0 Å². The predicted molar refractivity (Wildman–Crippen MR) is 67.3 cm³/mol. The summed E-state index contributed by atoms with van der Waals surface area (Å²) in [5, 5.41) is 0. The van der Waals surface area contributed by atoms with Gasteiger partial charge in [0.25, 0.3) is 0 Å². The number of rotatable bonds is 3. The average Bonchev–Trinajstić information content (AvgIpc) is 2.30. The van der Waals surface area contributed by atoms with Gasteiger partial charge in [-0.05, 0) is 19.1 Å². The smallest absolute Gasteiger partial charge is 0.338 e. The Hall–Kier alpha value is -2.09. The van der Waals surface area contributed by atoms with E-state index in [9.17, 15) is 4.79 Å². The number of esters is 1. The summed E-state index contributed by atoms with van der Waals surface area (Å²) in [5.41, 5.74) is 0.402. The van der Waals surface area contributed by atoms with E-state index >= 15 is 0 Å². The number of hydrogen-bond donors (Lipinski definition) is 0. The quantitative estimate of drug-likeness (QED) is 0.334. The zero-order valence-electron chi connectivity index (χ0n) is 9.48. The van der Waals surface area contributed by atoms with Gasteiger partial charge in [-0.2, -0.15) is 0 Å². The second-order valence-electron chi connectivity index (χ2n) is 2.95. The largest absolute Gasteiger partial charge is 0.423 e. The van der Waals surface area contributed by atoms with Gasteiger partial charge in [-0.3, -0.25) is 0 Å². The number of carbonyl (C=O) groups is 1. The molecule has 84 valence electrons. The summed E-state index contributed by atoms with van der Waals surface area (Å²) in [5.74, 6) is 0.159. The van der Waals surface area contributed by atoms with E-state index in [0.717, 1.165) is 0 Å². The van der Waals surface area contributed by atoms with Crippen molar-refractivity contribution < 1.29 is 9.53 Å². The van der Waals surface area contributed by atoms with Crippen molar-refractivity contribution in [1.82, 2.24) is 0 Å². The Morgan fingerprint density at radius 1 is 1.19 bits per heavy atom. The molecule has 2 heteroatoms. The lowest BCUT2D eigenvalue weighted by Gasteiger charge is -2.01. The number of para-hydroxylation sites is 1. The molecule has 1 rings (SSSR count). The fourth-order valence-corrected chi connectivity index (χ4v) is 0.683. The third-order valence-electron chi connectivity index (χ3n) is 1.47. The third-order valence-corrected chi connectivity index (χ3v) is 1.47. The van der Waals surface area contributed by atoms with Crippen LogP contribution in [0.1, 0.15) is 6.92 Å². The van der Waals surface area contributed by atoms with Crippen LogP contribution in [0.5, 0.6) is 5.75 Å². The van der Waals surface area contributed by atoms with Crippen LogP contribution in [0.25, 0.3) is 0 Å². The molecular formula is C14H16O2. The molecule has 1 aromatic rings. The van der Waals surface area contributed by atoms with Crippen LogP contribution in [0, 0.1) is 0 Å². The summed E-state index contributed by atoms with van der Waals surface area (Å²) < 4.78 is 4.94. The minimum atomic E-state index is -0.388. The Morgan fingerprint density at radius 2 is 1.69 bits per heavy atom. The highest BCUT2D eigenvalue weighted by Gasteiger charge is 2.03. The van der Waals surface area contributed by atoms with Crippen molar-refractivity contribution in [2.45, 2.75) is 6.92 Å². The number of allylic oxidation sites excluding steroid dienone is 2. The van der Waals surface area contributed by atoms with Gasteiger partial charge >= 0.3 is 5.97 Å². The molecule has 0 radical (unpaired) electrons. The SMILES string of the molecule is C=C(C)C(=O)Oc1ccccc1.C=CC=C. The van der Waals surface area contributed by atoms with E-state index in [4.69, 9.17) is 4.74 Å². The van der Waals surface area contributed by atoms with E-state index in [1.807, 2.05) is 6.07 Å². The summed E-state index contributed by atoms with van der Waals surface area (Å²) >= 11 is 0. The zero-order chi connectivity index (χ0) is 12.4.